The fraction of sp³-hybridized carbons (Fsp3) is 0.357. The number of amides is 3. The maximum atomic E-state index is 15.5. The van der Waals surface area contributed by atoms with E-state index in [1.165, 1.54) is 37.1 Å². The first-order chi connectivity index (χ1) is 18.6. The van der Waals surface area contributed by atoms with Crippen LogP contribution in [0.2, 0.25) is 0 Å². The van der Waals surface area contributed by atoms with Gasteiger partial charge in [0.1, 0.15) is 12.8 Å². The molecule has 1 saturated heterocycles. The van der Waals surface area contributed by atoms with Gasteiger partial charge in [0, 0.05) is 67.6 Å². The normalized spacial score (nSPS) is 18.8. The van der Waals surface area contributed by atoms with Crippen molar-refractivity contribution in [2.24, 2.45) is 5.16 Å². The SMILES string of the molecule is CO/N=C(/C)C(=O)Nc1ccc(C(=O)N2CCC(F)(F)C(=CC(=O)N3CCN(C)CC3)c3ccccc32)cc1. The van der Waals surface area contributed by atoms with Crippen molar-refractivity contribution in [3.63, 3.8) is 0 Å². The van der Waals surface area contributed by atoms with Gasteiger partial charge in [-0.3, -0.25) is 14.4 Å². The van der Waals surface area contributed by atoms with Gasteiger partial charge < -0.3 is 24.9 Å². The van der Waals surface area contributed by atoms with Gasteiger partial charge in [-0.1, -0.05) is 23.4 Å². The first kappa shape index (κ1) is 27.9. The molecule has 2 aromatic carbocycles. The summed E-state index contributed by atoms with van der Waals surface area (Å²) in [6, 6.07) is 12.5. The van der Waals surface area contributed by atoms with Gasteiger partial charge in [-0.2, -0.15) is 0 Å². The maximum Gasteiger partial charge on any atom is 0.275 e. The van der Waals surface area contributed by atoms with Crippen LogP contribution in [-0.4, -0.2) is 86.0 Å². The molecule has 4 rings (SSSR count). The number of piperazine rings is 1. The molecule has 0 aliphatic carbocycles. The Morgan fingerprint density at radius 1 is 1.00 bits per heavy atom. The smallest absolute Gasteiger partial charge is 0.275 e. The molecule has 0 atom stereocenters. The molecule has 0 saturated carbocycles. The Morgan fingerprint density at radius 2 is 1.67 bits per heavy atom. The number of allylic oxidation sites excluding steroid dienone is 1. The number of anilines is 2. The molecule has 0 radical (unpaired) electrons. The Bertz CT molecular complexity index is 1300. The number of nitrogens with one attached hydrogen (secondary N) is 1. The van der Waals surface area contributed by atoms with Crippen LogP contribution >= 0.6 is 0 Å². The van der Waals surface area contributed by atoms with Gasteiger partial charge in [0.15, 0.2) is 0 Å². The van der Waals surface area contributed by atoms with Crippen molar-refractivity contribution >= 4 is 40.4 Å². The van der Waals surface area contributed by atoms with E-state index in [0.29, 0.717) is 37.6 Å². The minimum atomic E-state index is -3.32. The van der Waals surface area contributed by atoms with E-state index in [-0.39, 0.29) is 29.0 Å². The largest absolute Gasteiger partial charge is 0.399 e. The third-order valence-corrected chi connectivity index (χ3v) is 6.80. The van der Waals surface area contributed by atoms with Crippen LogP contribution in [0.4, 0.5) is 20.2 Å². The highest BCUT2D eigenvalue weighted by molar-refractivity contribution is 6.42. The van der Waals surface area contributed by atoms with Crippen molar-refractivity contribution < 1.29 is 28.0 Å². The molecule has 0 aromatic heterocycles. The van der Waals surface area contributed by atoms with E-state index in [2.05, 4.69) is 20.2 Å². The lowest BCUT2D eigenvalue weighted by Crippen LogP contribution is -2.46. The summed E-state index contributed by atoms with van der Waals surface area (Å²) in [5, 5.41) is 6.22. The number of rotatable bonds is 5. The van der Waals surface area contributed by atoms with Gasteiger partial charge in [-0.25, -0.2) is 8.78 Å². The van der Waals surface area contributed by atoms with Crippen LogP contribution in [0.1, 0.15) is 29.3 Å². The molecule has 0 bridgehead atoms. The molecule has 2 heterocycles. The van der Waals surface area contributed by atoms with E-state index in [9.17, 15) is 14.4 Å². The Labute approximate surface area is 225 Å². The van der Waals surface area contributed by atoms with Crippen molar-refractivity contribution in [1.29, 1.82) is 0 Å². The van der Waals surface area contributed by atoms with Crippen molar-refractivity contribution in [2.75, 3.05) is 57.1 Å². The van der Waals surface area contributed by atoms with Gasteiger partial charge in [-0.05, 0) is 44.3 Å². The van der Waals surface area contributed by atoms with Gasteiger partial charge >= 0.3 is 0 Å². The molecule has 11 heteroatoms. The molecule has 9 nitrogen and oxygen atoms in total. The van der Waals surface area contributed by atoms with Crippen LogP contribution in [0.3, 0.4) is 0 Å². The molecule has 3 amide bonds. The van der Waals surface area contributed by atoms with Crippen LogP contribution in [-0.2, 0) is 14.4 Å². The lowest BCUT2D eigenvalue weighted by molar-refractivity contribution is -0.127. The summed E-state index contributed by atoms with van der Waals surface area (Å²) in [7, 11) is 3.28. The lowest BCUT2D eigenvalue weighted by Gasteiger charge is -2.32. The molecular weight excluding hydrogens is 508 g/mol. The third-order valence-electron chi connectivity index (χ3n) is 6.80. The molecule has 2 aliphatic heterocycles. The number of carbonyl (C=O) groups is 3. The molecule has 1 N–H and O–H groups in total. The number of fused-ring (bicyclic) bond motifs is 1. The van der Waals surface area contributed by atoms with Crippen LogP contribution in [0, 0.1) is 0 Å². The molecule has 1 fully saturated rings. The first-order valence-corrected chi connectivity index (χ1v) is 12.6. The predicted molar refractivity (Wildman–Crippen MR) is 145 cm³/mol. The highest BCUT2D eigenvalue weighted by Crippen LogP contribution is 2.43. The van der Waals surface area contributed by atoms with Gasteiger partial charge in [0.05, 0.1) is 5.69 Å². The maximum absolute atomic E-state index is 15.5. The number of hydrogen-bond donors (Lipinski definition) is 1. The lowest BCUT2D eigenvalue weighted by atomic mass is 9.96. The Morgan fingerprint density at radius 3 is 2.33 bits per heavy atom. The highest BCUT2D eigenvalue weighted by atomic mass is 19.3. The van der Waals surface area contributed by atoms with Crippen LogP contribution < -0.4 is 10.2 Å². The van der Waals surface area contributed by atoms with Crippen molar-refractivity contribution in [1.82, 2.24) is 9.80 Å². The zero-order valence-corrected chi connectivity index (χ0v) is 22.1. The van der Waals surface area contributed by atoms with Gasteiger partial charge in [-0.15, -0.1) is 0 Å². The van der Waals surface area contributed by atoms with E-state index < -0.39 is 30.1 Å². The highest BCUT2D eigenvalue weighted by Gasteiger charge is 2.41. The second-order valence-corrected chi connectivity index (χ2v) is 9.51. The van der Waals surface area contributed by atoms with Gasteiger partial charge in [0.2, 0.25) is 5.91 Å². The minimum Gasteiger partial charge on any atom is -0.399 e. The fourth-order valence-corrected chi connectivity index (χ4v) is 4.53. The van der Waals surface area contributed by atoms with Crippen molar-refractivity contribution in [3.8, 4) is 0 Å². The molecule has 0 unspecified atom stereocenters. The van der Waals surface area contributed by atoms with Crippen LogP contribution in [0.15, 0.2) is 59.8 Å². The number of para-hydroxylation sites is 1. The number of hydrogen-bond acceptors (Lipinski definition) is 6. The number of alkyl halides is 2. The Balaban J connectivity index is 1.61. The van der Waals surface area contributed by atoms with E-state index in [0.717, 1.165) is 6.08 Å². The van der Waals surface area contributed by atoms with Crippen molar-refractivity contribution in [2.45, 2.75) is 19.3 Å². The predicted octanol–water partition coefficient (Wildman–Crippen LogP) is 3.49. The second-order valence-electron chi connectivity index (χ2n) is 9.51. The molecular formula is C28H31F2N5O4. The number of benzene rings is 2. The van der Waals surface area contributed by atoms with E-state index in [1.807, 2.05) is 7.05 Å². The summed E-state index contributed by atoms with van der Waals surface area (Å²) in [5.41, 5.74) is 0.874. The quantitative estimate of drug-likeness (QED) is 0.357. The monoisotopic (exact) mass is 539 g/mol. The number of carbonyl (C=O) groups excluding carboxylic acids is 3. The summed E-state index contributed by atoms with van der Waals surface area (Å²) in [6.45, 7) is 3.52. The summed E-state index contributed by atoms with van der Waals surface area (Å²) in [6.07, 6.45) is 0.395. The summed E-state index contributed by atoms with van der Waals surface area (Å²) < 4.78 is 31.0. The Hall–Kier alpha value is -4.12. The fourth-order valence-electron chi connectivity index (χ4n) is 4.53. The summed E-state index contributed by atoms with van der Waals surface area (Å²) in [5.74, 6) is -4.72. The first-order valence-electron chi connectivity index (χ1n) is 12.6. The summed E-state index contributed by atoms with van der Waals surface area (Å²) >= 11 is 0. The number of likely N-dealkylation sites (N-methyl/N-ethyl adjacent to an activating group) is 1. The number of oxime groups is 1. The third kappa shape index (κ3) is 6.31. The Kier molecular flexibility index (Phi) is 8.39. The van der Waals surface area contributed by atoms with Crippen LogP contribution in [0.25, 0.3) is 5.57 Å². The number of nitrogens with zero attached hydrogens (tertiary/aromatic N) is 4. The standard InChI is InChI=1S/C28H31F2N5O4/c1-19(32-39-3)26(37)31-21-10-8-20(9-11-21)27(38)35-13-12-28(29,30)23(22-6-4-5-7-24(22)35)18-25(36)34-16-14-33(2)15-17-34/h4-11,18H,12-17H2,1-3H3,(H,31,37)/b23-18?,32-19-. The van der Waals surface area contributed by atoms with Crippen molar-refractivity contribution in [3.05, 3.63) is 65.7 Å². The zero-order chi connectivity index (χ0) is 28.2. The zero-order valence-electron chi connectivity index (χ0n) is 22.1. The second kappa shape index (κ2) is 11.7. The topological polar surface area (TPSA) is 94.5 Å². The van der Waals surface area contributed by atoms with E-state index >= 15 is 8.78 Å². The number of halogens is 2. The van der Waals surface area contributed by atoms with E-state index in [1.54, 1.807) is 35.2 Å². The van der Waals surface area contributed by atoms with Crippen LogP contribution in [0.5, 0.6) is 0 Å². The summed E-state index contributed by atoms with van der Waals surface area (Å²) in [4.78, 5) is 48.2. The molecule has 0 spiro atoms. The average molecular weight is 540 g/mol. The molecule has 2 aromatic rings. The molecule has 39 heavy (non-hydrogen) atoms. The molecule has 206 valence electrons. The molecule has 2 aliphatic rings. The average Bonchev–Trinajstić information content (AvgIpc) is 3.03. The van der Waals surface area contributed by atoms with Gasteiger partial charge in [0.25, 0.3) is 17.7 Å². The minimum absolute atomic E-state index is 0.120. The van der Waals surface area contributed by atoms with E-state index in [4.69, 9.17) is 0 Å².